The smallest absolute Gasteiger partial charge is 0.456 e. The van der Waals surface area contributed by atoms with Gasteiger partial charge < -0.3 is 26.6 Å². The van der Waals surface area contributed by atoms with Crippen LogP contribution in [0.1, 0.15) is 12.5 Å². The summed E-state index contributed by atoms with van der Waals surface area (Å²) in [4.78, 5) is 5.69. The highest BCUT2D eigenvalue weighted by molar-refractivity contribution is 6.50. The van der Waals surface area contributed by atoms with Gasteiger partial charge in [0.2, 0.25) is 11.0 Å². The summed E-state index contributed by atoms with van der Waals surface area (Å²) < 4.78 is 45.2. The monoisotopic (exact) mass is 456 g/mol. The number of benzene rings is 3. The van der Waals surface area contributed by atoms with Crippen LogP contribution in [0.3, 0.4) is 0 Å². The summed E-state index contributed by atoms with van der Waals surface area (Å²) in [6.45, 7) is 2.17. The summed E-state index contributed by atoms with van der Waals surface area (Å²) in [5, 5.41) is 2.14. The fourth-order valence-corrected chi connectivity index (χ4v) is 3.30. The number of hydrogen-bond donors (Lipinski definition) is 1. The van der Waals surface area contributed by atoms with Crippen molar-refractivity contribution in [3.05, 3.63) is 89.8 Å². The van der Waals surface area contributed by atoms with Crippen LogP contribution in [-0.4, -0.2) is 21.3 Å². The molecule has 1 N–H and O–H groups in total. The van der Waals surface area contributed by atoms with Gasteiger partial charge in [-0.05, 0) is 36.2 Å². The first-order valence-electron chi connectivity index (χ1n) is 10.5. The molecule has 0 unspecified atom stereocenters. The first kappa shape index (κ1) is 24.1. The molecule has 0 saturated carbocycles. The Morgan fingerprint density at radius 1 is 0.848 bits per heavy atom. The van der Waals surface area contributed by atoms with Crippen LogP contribution in [0.25, 0.3) is 22.3 Å². The Bertz CT molecular complexity index is 1260. The summed E-state index contributed by atoms with van der Waals surface area (Å²) in [6.07, 6.45) is 0.993. The van der Waals surface area contributed by atoms with Crippen molar-refractivity contribution in [3.63, 3.8) is 0 Å². The molecule has 33 heavy (non-hydrogen) atoms. The Balaban J connectivity index is 0.000000555. The van der Waals surface area contributed by atoms with Crippen LogP contribution in [0, 0.1) is 0 Å². The van der Waals surface area contributed by atoms with Gasteiger partial charge in [-0.15, -0.1) is 0 Å². The fraction of sp³-hybridized carbons (Fsp3) is 0.160. The predicted molar refractivity (Wildman–Crippen MR) is 126 cm³/mol. The van der Waals surface area contributed by atoms with Gasteiger partial charge in [-0.1, -0.05) is 43.3 Å². The van der Waals surface area contributed by atoms with E-state index in [0.29, 0.717) is 0 Å². The van der Waals surface area contributed by atoms with E-state index in [4.69, 9.17) is 4.42 Å². The molecule has 0 amide bonds. The second-order valence-electron chi connectivity index (χ2n) is 7.64. The van der Waals surface area contributed by atoms with Gasteiger partial charge in [0.1, 0.15) is 11.3 Å². The lowest BCUT2D eigenvalue weighted by Crippen LogP contribution is -2.70. The SMILES string of the molecule is CCc1ccc2oc(-c3ccccc3)cc(=[NH+]c3ccc(N(C)C)cc3)c2c1.F[B-](F)(F)F. The minimum atomic E-state index is -6.00. The van der Waals surface area contributed by atoms with E-state index in [-0.39, 0.29) is 0 Å². The van der Waals surface area contributed by atoms with Gasteiger partial charge in [0.25, 0.3) is 0 Å². The Morgan fingerprint density at radius 2 is 1.48 bits per heavy atom. The molecule has 3 aromatic carbocycles. The van der Waals surface area contributed by atoms with E-state index in [9.17, 15) is 17.3 Å². The third kappa shape index (κ3) is 6.97. The van der Waals surface area contributed by atoms with E-state index in [1.54, 1.807) is 0 Å². The maximum atomic E-state index is 9.75. The first-order chi connectivity index (χ1) is 15.6. The average Bonchev–Trinajstić information content (AvgIpc) is 2.78. The number of anilines is 1. The number of halogens is 4. The lowest BCUT2D eigenvalue weighted by molar-refractivity contribution is -0.400. The van der Waals surface area contributed by atoms with Gasteiger partial charge in [0, 0.05) is 37.5 Å². The van der Waals surface area contributed by atoms with Crippen LogP contribution in [0.4, 0.5) is 28.6 Å². The maximum Gasteiger partial charge on any atom is 0.673 e. The topological polar surface area (TPSA) is 30.4 Å². The molecule has 0 aliphatic heterocycles. The van der Waals surface area contributed by atoms with Gasteiger partial charge >= 0.3 is 7.25 Å². The Kier molecular flexibility index (Phi) is 7.58. The molecule has 3 nitrogen and oxygen atoms in total. The van der Waals surface area contributed by atoms with Crippen molar-refractivity contribution < 1.29 is 26.7 Å². The number of aryl methyl sites for hydroxylation is 1. The van der Waals surface area contributed by atoms with Crippen LogP contribution in [0.15, 0.2) is 83.3 Å². The van der Waals surface area contributed by atoms with E-state index in [0.717, 1.165) is 39.8 Å². The Morgan fingerprint density at radius 3 is 2.06 bits per heavy atom. The number of hydrogen-bond acceptors (Lipinski definition) is 2. The highest BCUT2D eigenvalue weighted by Gasteiger charge is 2.20. The number of fused-ring (bicyclic) bond motifs is 1. The summed E-state index contributed by atoms with van der Waals surface area (Å²) >= 11 is 0. The van der Waals surface area contributed by atoms with E-state index in [1.165, 1.54) is 11.3 Å². The average molecular weight is 456 g/mol. The van der Waals surface area contributed by atoms with Crippen molar-refractivity contribution in [2.24, 2.45) is 0 Å². The molecule has 0 aliphatic rings. The van der Waals surface area contributed by atoms with Crippen LogP contribution in [0.5, 0.6) is 0 Å². The Hall–Kier alpha value is -3.55. The van der Waals surface area contributed by atoms with E-state index in [1.807, 2.05) is 32.3 Å². The molecule has 0 spiro atoms. The molecule has 0 radical (unpaired) electrons. The molecule has 0 bridgehead atoms. The zero-order chi connectivity index (χ0) is 24.0. The lowest BCUT2D eigenvalue weighted by Gasteiger charge is -2.10. The quantitative estimate of drug-likeness (QED) is 0.332. The van der Waals surface area contributed by atoms with Crippen molar-refractivity contribution in [1.29, 1.82) is 0 Å². The van der Waals surface area contributed by atoms with E-state index >= 15 is 0 Å². The molecule has 0 fully saturated rings. The maximum absolute atomic E-state index is 9.75. The highest BCUT2D eigenvalue weighted by Crippen LogP contribution is 2.22. The van der Waals surface area contributed by atoms with E-state index < -0.39 is 7.25 Å². The van der Waals surface area contributed by atoms with Gasteiger partial charge in [-0.3, -0.25) is 0 Å². The zero-order valence-electron chi connectivity index (χ0n) is 18.7. The second-order valence-corrected chi connectivity index (χ2v) is 7.64. The minimum Gasteiger partial charge on any atom is -0.456 e. The van der Waals surface area contributed by atoms with Gasteiger partial charge in [-0.2, -0.15) is 0 Å². The van der Waals surface area contributed by atoms with Crippen LogP contribution < -0.4 is 15.2 Å². The summed E-state index contributed by atoms with van der Waals surface area (Å²) in [7, 11) is -1.90. The largest absolute Gasteiger partial charge is 0.673 e. The van der Waals surface area contributed by atoms with Crippen LogP contribution in [-0.2, 0) is 6.42 Å². The zero-order valence-corrected chi connectivity index (χ0v) is 18.7. The number of rotatable bonds is 4. The molecule has 0 aliphatic carbocycles. The van der Waals surface area contributed by atoms with Crippen LogP contribution >= 0.6 is 0 Å². The summed E-state index contributed by atoms with van der Waals surface area (Å²) in [6, 6.07) is 27.2. The molecular formula is C25H25BF4N2O. The lowest BCUT2D eigenvalue weighted by atomic mass is 10.1. The van der Waals surface area contributed by atoms with E-state index in [2.05, 4.69) is 77.5 Å². The number of nitrogens with one attached hydrogen (secondary N) is 1. The minimum absolute atomic E-state index is 0.852. The Labute approximate surface area is 190 Å². The van der Waals surface area contributed by atoms with Gasteiger partial charge in [0.15, 0.2) is 0 Å². The third-order valence-electron chi connectivity index (χ3n) is 4.96. The third-order valence-corrected chi connectivity index (χ3v) is 4.96. The number of nitrogens with zero attached hydrogens (tertiary/aromatic N) is 1. The molecule has 4 aromatic rings. The first-order valence-corrected chi connectivity index (χ1v) is 10.5. The molecule has 172 valence electrons. The van der Waals surface area contributed by atoms with Gasteiger partial charge in [-0.25, -0.2) is 4.99 Å². The van der Waals surface area contributed by atoms with Crippen molar-refractivity contribution in [1.82, 2.24) is 0 Å². The second kappa shape index (κ2) is 10.4. The predicted octanol–water partition coefficient (Wildman–Crippen LogP) is 5.34. The molecule has 4 rings (SSSR count). The summed E-state index contributed by atoms with van der Waals surface area (Å²) in [5.41, 5.74) is 5.47. The molecule has 1 heterocycles. The van der Waals surface area contributed by atoms with Crippen molar-refractivity contribution in [2.45, 2.75) is 13.3 Å². The molecule has 0 saturated heterocycles. The molecule has 0 atom stereocenters. The molecule has 8 heteroatoms. The van der Waals surface area contributed by atoms with Crippen LogP contribution in [0.2, 0.25) is 0 Å². The van der Waals surface area contributed by atoms with Crippen molar-refractivity contribution in [2.75, 3.05) is 19.0 Å². The highest BCUT2D eigenvalue weighted by atomic mass is 19.5. The fourth-order valence-electron chi connectivity index (χ4n) is 3.30. The summed E-state index contributed by atoms with van der Waals surface area (Å²) in [5.74, 6) is 0.852. The molecule has 1 aromatic heterocycles. The molecular weight excluding hydrogens is 431 g/mol. The van der Waals surface area contributed by atoms with Gasteiger partial charge in [0.05, 0.1) is 11.5 Å². The van der Waals surface area contributed by atoms with Crippen molar-refractivity contribution >= 4 is 29.6 Å². The van der Waals surface area contributed by atoms with Crippen molar-refractivity contribution in [3.8, 4) is 11.3 Å². The normalized spacial score (nSPS) is 11.8. The standard InChI is InChI=1S/C25H24N2O.BF4/c1-4-18-10-15-24-22(16-18)23(17-25(28-24)19-8-6-5-7-9-19)26-20-11-13-21(14-12-20)27(2)3;2-1(3,4)5/h5-17H,4H2,1-3H3;/q;-1/p+1.